The minimum Gasteiger partial charge on any atom is -0.462 e. The molecule has 0 atom stereocenters. The fourth-order valence-electron chi connectivity index (χ4n) is 2.29. The molecule has 4 nitrogen and oxygen atoms in total. The van der Waals surface area contributed by atoms with Crippen LogP contribution in [0.3, 0.4) is 0 Å². The van der Waals surface area contributed by atoms with Crippen molar-refractivity contribution in [3.8, 4) is 0 Å². The van der Waals surface area contributed by atoms with Crippen LogP contribution in [-0.4, -0.2) is 47.5 Å². The fraction of sp³-hybridized carbons (Fsp3) is 0.857. The second kappa shape index (κ2) is 8.46. The number of esters is 1. The highest BCUT2D eigenvalue weighted by molar-refractivity contribution is 8.00. The summed E-state index contributed by atoms with van der Waals surface area (Å²) in [6.07, 6.45) is 5.86. The normalized spacial score (nSPS) is 16.4. The lowest BCUT2D eigenvalue weighted by atomic mass is 9.94. The van der Waals surface area contributed by atoms with Crippen molar-refractivity contribution in [1.82, 2.24) is 4.90 Å². The van der Waals surface area contributed by atoms with Crippen molar-refractivity contribution in [1.29, 1.82) is 0 Å². The largest absolute Gasteiger partial charge is 0.462 e. The van der Waals surface area contributed by atoms with Crippen LogP contribution in [0.1, 0.15) is 46.0 Å². The Hall–Kier alpha value is -0.710. The van der Waals surface area contributed by atoms with E-state index in [2.05, 4.69) is 0 Å². The standard InChI is InChI=1S/C14H25NO3S/c1-11(2)18-14(17)10-19-9-13(16)15(3)12-7-5-4-6-8-12/h11-12H,4-10H2,1-3H3. The summed E-state index contributed by atoms with van der Waals surface area (Å²) in [5, 5.41) is 0. The van der Waals surface area contributed by atoms with Crippen molar-refractivity contribution in [2.45, 2.75) is 58.1 Å². The van der Waals surface area contributed by atoms with Gasteiger partial charge in [0.05, 0.1) is 17.6 Å². The van der Waals surface area contributed by atoms with E-state index >= 15 is 0 Å². The van der Waals surface area contributed by atoms with Crippen LogP contribution in [0.15, 0.2) is 0 Å². The molecular formula is C14H25NO3S. The van der Waals surface area contributed by atoms with Crippen molar-refractivity contribution < 1.29 is 14.3 Å². The molecule has 110 valence electrons. The van der Waals surface area contributed by atoms with Crippen LogP contribution >= 0.6 is 11.8 Å². The summed E-state index contributed by atoms with van der Waals surface area (Å²) in [4.78, 5) is 25.2. The Balaban J connectivity index is 2.21. The van der Waals surface area contributed by atoms with Crippen molar-refractivity contribution in [2.24, 2.45) is 0 Å². The highest BCUT2D eigenvalue weighted by Crippen LogP contribution is 2.22. The minimum absolute atomic E-state index is 0.0892. The summed E-state index contributed by atoms with van der Waals surface area (Å²) in [7, 11) is 1.88. The van der Waals surface area contributed by atoms with Gasteiger partial charge in [0.1, 0.15) is 0 Å². The molecule has 0 aliphatic heterocycles. The van der Waals surface area contributed by atoms with Gasteiger partial charge in [-0.15, -0.1) is 11.8 Å². The zero-order valence-corrected chi connectivity index (χ0v) is 13.0. The van der Waals surface area contributed by atoms with Gasteiger partial charge in [0.25, 0.3) is 0 Å². The second-order valence-electron chi connectivity index (χ2n) is 5.33. The molecule has 1 aliphatic carbocycles. The topological polar surface area (TPSA) is 46.6 Å². The van der Waals surface area contributed by atoms with Gasteiger partial charge in [0, 0.05) is 13.1 Å². The number of hydrogen-bond acceptors (Lipinski definition) is 4. The minimum atomic E-state index is -0.242. The number of ether oxygens (including phenoxy) is 1. The smallest absolute Gasteiger partial charge is 0.316 e. The maximum atomic E-state index is 12.0. The number of carbonyl (C=O) groups excluding carboxylic acids is 2. The van der Waals surface area contributed by atoms with E-state index in [4.69, 9.17) is 4.74 Å². The van der Waals surface area contributed by atoms with Gasteiger partial charge in [-0.2, -0.15) is 0 Å². The van der Waals surface area contributed by atoms with Crippen LogP contribution in [0.4, 0.5) is 0 Å². The van der Waals surface area contributed by atoms with Crippen molar-refractivity contribution in [3.05, 3.63) is 0 Å². The Morgan fingerprint density at radius 2 is 1.84 bits per heavy atom. The van der Waals surface area contributed by atoms with E-state index in [1.807, 2.05) is 25.8 Å². The highest BCUT2D eigenvalue weighted by atomic mass is 32.2. The number of amides is 1. The van der Waals surface area contributed by atoms with Gasteiger partial charge in [-0.25, -0.2) is 0 Å². The summed E-state index contributed by atoms with van der Waals surface area (Å²) >= 11 is 1.34. The van der Waals surface area contributed by atoms with E-state index in [0.717, 1.165) is 12.8 Å². The molecule has 1 saturated carbocycles. The lowest BCUT2D eigenvalue weighted by Gasteiger charge is -2.31. The summed E-state index contributed by atoms with van der Waals surface area (Å²) in [6, 6.07) is 0.393. The number of rotatable bonds is 6. The van der Waals surface area contributed by atoms with Crippen molar-refractivity contribution in [3.63, 3.8) is 0 Å². The average Bonchev–Trinajstić information content (AvgIpc) is 2.37. The van der Waals surface area contributed by atoms with E-state index in [-0.39, 0.29) is 23.7 Å². The molecule has 0 bridgehead atoms. The summed E-state index contributed by atoms with van der Waals surface area (Å²) in [6.45, 7) is 3.65. The van der Waals surface area contributed by atoms with Crippen LogP contribution in [0.2, 0.25) is 0 Å². The summed E-state index contributed by atoms with van der Waals surface area (Å²) < 4.78 is 5.02. The first-order valence-electron chi connectivity index (χ1n) is 7.03. The Labute approximate surface area is 120 Å². The Morgan fingerprint density at radius 1 is 1.21 bits per heavy atom. The van der Waals surface area contributed by atoms with Crippen LogP contribution in [-0.2, 0) is 14.3 Å². The highest BCUT2D eigenvalue weighted by Gasteiger charge is 2.22. The maximum absolute atomic E-state index is 12.0. The van der Waals surface area contributed by atoms with Gasteiger partial charge in [-0.05, 0) is 26.7 Å². The Bertz CT molecular complexity index is 301. The Morgan fingerprint density at radius 3 is 2.42 bits per heavy atom. The van der Waals surface area contributed by atoms with Gasteiger partial charge in [0.15, 0.2) is 0 Å². The molecule has 1 amide bonds. The quantitative estimate of drug-likeness (QED) is 0.704. The first kappa shape index (κ1) is 16.3. The fourth-order valence-corrected chi connectivity index (χ4v) is 3.01. The zero-order chi connectivity index (χ0) is 14.3. The van der Waals surface area contributed by atoms with E-state index in [1.54, 1.807) is 0 Å². The Kier molecular flexibility index (Phi) is 7.28. The molecule has 0 unspecified atom stereocenters. The number of nitrogens with zero attached hydrogens (tertiary/aromatic N) is 1. The van der Waals surface area contributed by atoms with E-state index in [0.29, 0.717) is 11.8 Å². The van der Waals surface area contributed by atoms with Gasteiger partial charge in [-0.3, -0.25) is 9.59 Å². The van der Waals surface area contributed by atoms with E-state index in [1.165, 1.54) is 31.0 Å². The molecule has 0 radical (unpaired) electrons. The molecule has 0 saturated heterocycles. The average molecular weight is 287 g/mol. The number of carbonyl (C=O) groups is 2. The molecule has 0 aromatic rings. The predicted octanol–water partition coefficient (Wildman–Crippen LogP) is 2.46. The molecule has 19 heavy (non-hydrogen) atoms. The number of thioether (sulfide) groups is 1. The van der Waals surface area contributed by atoms with Gasteiger partial charge in [-0.1, -0.05) is 19.3 Å². The van der Waals surface area contributed by atoms with Crippen LogP contribution in [0, 0.1) is 0 Å². The molecule has 0 aromatic carbocycles. The predicted molar refractivity (Wildman–Crippen MR) is 78.2 cm³/mol. The van der Waals surface area contributed by atoms with Crippen LogP contribution in [0.25, 0.3) is 0 Å². The monoisotopic (exact) mass is 287 g/mol. The molecule has 0 heterocycles. The van der Waals surface area contributed by atoms with E-state index in [9.17, 15) is 9.59 Å². The molecular weight excluding hydrogens is 262 g/mol. The first-order valence-corrected chi connectivity index (χ1v) is 8.19. The molecule has 1 aliphatic rings. The van der Waals surface area contributed by atoms with Crippen LogP contribution in [0.5, 0.6) is 0 Å². The third-order valence-electron chi connectivity index (χ3n) is 3.33. The molecule has 0 spiro atoms. The van der Waals surface area contributed by atoms with Gasteiger partial charge >= 0.3 is 5.97 Å². The molecule has 1 rings (SSSR count). The SMILES string of the molecule is CC(C)OC(=O)CSCC(=O)N(C)C1CCCCC1. The lowest BCUT2D eigenvalue weighted by molar-refractivity contribution is -0.144. The summed E-state index contributed by atoms with van der Waals surface area (Å²) in [5.74, 6) is 0.491. The van der Waals surface area contributed by atoms with Crippen molar-refractivity contribution >= 4 is 23.6 Å². The first-order chi connectivity index (χ1) is 9.00. The van der Waals surface area contributed by atoms with Gasteiger partial charge in [0.2, 0.25) is 5.91 Å². The maximum Gasteiger partial charge on any atom is 0.316 e. The van der Waals surface area contributed by atoms with E-state index < -0.39 is 0 Å². The third kappa shape index (κ3) is 6.32. The molecule has 1 fully saturated rings. The zero-order valence-electron chi connectivity index (χ0n) is 12.2. The lowest BCUT2D eigenvalue weighted by Crippen LogP contribution is -2.39. The third-order valence-corrected chi connectivity index (χ3v) is 4.22. The molecule has 0 aromatic heterocycles. The second-order valence-corrected chi connectivity index (χ2v) is 6.31. The van der Waals surface area contributed by atoms with Crippen LogP contribution < -0.4 is 0 Å². The summed E-state index contributed by atoms with van der Waals surface area (Å²) in [5.41, 5.74) is 0. The van der Waals surface area contributed by atoms with Crippen molar-refractivity contribution in [2.75, 3.05) is 18.6 Å². The number of hydrogen-bond donors (Lipinski definition) is 0. The van der Waals surface area contributed by atoms with Gasteiger partial charge < -0.3 is 9.64 Å². The molecule has 5 heteroatoms. The molecule has 0 N–H and O–H groups in total.